The van der Waals surface area contributed by atoms with Crippen LogP contribution in [0.2, 0.25) is 0 Å². The van der Waals surface area contributed by atoms with E-state index in [1.807, 2.05) is 30.3 Å². The molecule has 612 valence electrons. The van der Waals surface area contributed by atoms with Crippen LogP contribution in [0.1, 0.15) is 112 Å². The quantitative estimate of drug-likeness (QED) is 0.0251. The maximum Gasteiger partial charge on any atom is 0.257 e. The Labute approximate surface area is 669 Å². The van der Waals surface area contributed by atoms with Gasteiger partial charge in [-0.1, -0.05) is 0 Å². The first-order chi connectivity index (χ1) is 56.9. The molecule has 16 N–H and O–H groups in total. The molecule has 4 amide bonds. The highest BCUT2D eigenvalue weighted by atomic mass is 16.5. The maximum absolute atomic E-state index is 12.8. The number of methoxy groups -OCH3 is 3. The van der Waals surface area contributed by atoms with Crippen LogP contribution in [-0.4, -0.2) is 229 Å². The Morgan fingerprint density at radius 3 is 1.02 bits per heavy atom. The number of carbonyl (C=O) groups is 4. The van der Waals surface area contributed by atoms with Gasteiger partial charge in [0.15, 0.2) is 22.6 Å². The smallest absolute Gasteiger partial charge is 0.257 e. The van der Waals surface area contributed by atoms with Crippen LogP contribution in [0, 0.1) is 10.8 Å². The molecule has 5 aliphatic carbocycles. The number of rotatable bonds is 29. The van der Waals surface area contributed by atoms with E-state index in [-0.39, 0.29) is 65.9 Å². The zero-order valence-electron chi connectivity index (χ0n) is 65.3. The molecule has 0 spiro atoms. The van der Waals surface area contributed by atoms with Crippen LogP contribution in [0.4, 0.5) is 69.3 Å². The summed E-state index contributed by atoms with van der Waals surface area (Å²) >= 11 is 0. The number of pyridine rings is 4. The summed E-state index contributed by atoms with van der Waals surface area (Å²) in [6, 6.07) is 21.2. The minimum Gasteiger partial charge on any atom is -0.480 e. The summed E-state index contributed by atoms with van der Waals surface area (Å²) in [7, 11) is 11.7. The minimum absolute atomic E-state index is 0.0746. The van der Waals surface area contributed by atoms with Gasteiger partial charge in [-0.2, -0.15) is 38.5 Å². The van der Waals surface area contributed by atoms with E-state index in [2.05, 4.69) is 124 Å². The van der Waals surface area contributed by atoms with Crippen molar-refractivity contribution in [3.8, 4) is 23.5 Å². The average Bonchev–Trinajstić information content (AvgIpc) is 1.68. The second kappa shape index (κ2) is 35.4. The second-order valence-corrected chi connectivity index (χ2v) is 28.6. The fourth-order valence-corrected chi connectivity index (χ4v) is 13.0. The van der Waals surface area contributed by atoms with E-state index in [0.717, 1.165) is 57.8 Å². The fourth-order valence-electron chi connectivity index (χ4n) is 13.0. The predicted octanol–water partition coefficient (Wildman–Crippen LogP) is 6.11. The number of carbonyl (C=O) groups excluding carboxylic acids is 4. The van der Waals surface area contributed by atoms with Crippen molar-refractivity contribution >= 4 is 116 Å². The van der Waals surface area contributed by atoms with Crippen molar-refractivity contribution in [2.75, 3.05) is 118 Å². The number of nitrogens with one attached hydrogen (secondary N) is 12. The summed E-state index contributed by atoms with van der Waals surface area (Å²) < 4.78 is 28.0. The number of amides is 4. The van der Waals surface area contributed by atoms with Crippen LogP contribution in [0.3, 0.4) is 0 Å². The lowest BCUT2D eigenvalue weighted by Crippen LogP contribution is -2.50. The lowest BCUT2D eigenvalue weighted by atomic mass is 9.89. The van der Waals surface area contributed by atoms with Crippen LogP contribution >= 0.6 is 0 Å². The molecule has 4 atom stereocenters. The van der Waals surface area contributed by atoms with Gasteiger partial charge in [-0.25, -0.2) is 39.9 Å². The summed E-state index contributed by atoms with van der Waals surface area (Å²) in [5.74, 6) is 5.36. The normalized spacial score (nSPS) is 17.0. The van der Waals surface area contributed by atoms with Gasteiger partial charge in [0.05, 0.1) is 83.6 Å². The number of hydrogen-bond donors (Lipinski definition) is 16. The Kier molecular flexibility index (Phi) is 24.2. The SMILES string of the molecule is CNc1cc(Nc2cccnc2OC)nc2c(C(=O)NCC3(CO)CC3)cnn12.CNc1cc(Nc2cccnc2OC)nc2c(C(=O)N[C@@H]3CCC[C@H]3O)cnn12.CNc1cc(Nc2cccnc2OC)nc2c(C(=O)N[C@H]3CC[C@H]3O)cnn12.CNc1cc(Nc2cccnc2OC2CC2)nc2c(C(=O)NCC3(CO)CC3)cnn12. The molecular weight excluding hydrogens is 1510 g/mol. The van der Waals surface area contributed by atoms with Gasteiger partial charge in [0.25, 0.3) is 23.6 Å². The van der Waals surface area contributed by atoms with Crippen molar-refractivity contribution in [2.45, 2.75) is 101 Å². The lowest BCUT2D eigenvalue weighted by molar-refractivity contribution is 0.0448. The second-order valence-electron chi connectivity index (χ2n) is 28.6. The molecule has 40 heteroatoms. The molecule has 0 aromatic carbocycles. The number of aliphatic hydroxyl groups excluding tert-OH is 4. The number of hydrogen-bond acceptors (Lipinski definition) is 32. The molecule has 17 rings (SSSR count). The van der Waals surface area contributed by atoms with Crippen molar-refractivity contribution < 1.29 is 58.6 Å². The van der Waals surface area contributed by atoms with Crippen molar-refractivity contribution in [3.63, 3.8) is 0 Å². The fraction of sp³-hybridized carbons (Fsp3) is 0.377. The van der Waals surface area contributed by atoms with E-state index in [1.54, 1.807) is 128 Å². The van der Waals surface area contributed by atoms with Gasteiger partial charge < -0.3 is 103 Å². The van der Waals surface area contributed by atoms with Crippen molar-refractivity contribution in [1.82, 2.24) is 99.6 Å². The topological polar surface area (TPSA) is 503 Å². The molecule has 12 aromatic rings. The minimum atomic E-state index is -0.517. The highest BCUT2D eigenvalue weighted by molar-refractivity contribution is 6.02. The van der Waals surface area contributed by atoms with E-state index in [4.69, 9.17) is 18.9 Å². The third-order valence-corrected chi connectivity index (χ3v) is 20.6. The van der Waals surface area contributed by atoms with Crippen LogP contribution in [-0.2, 0) is 0 Å². The van der Waals surface area contributed by atoms with Gasteiger partial charge in [-0.3, -0.25) is 19.2 Å². The Morgan fingerprint density at radius 1 is 0.427 bits per heavy atom. The average molecular weight is 1600 g/mol. The zero-order chi connectivity index (χ0) is 81.9. The summed E-state index contributed by atoms with van der Waals surface area (Å²) in [5, 5.41) is 92.4. The molecule has 5 aliphatic rings. The Balaban J connectivity index is 0.000000128. The molecule has 5 fully saturated rings. The first kappa shape index (κ1) is 80.0. The standard InChI is InChI=1S/C21H25N7O3.2C19H23N7O3.C18H21N7O3/c1-22-17-9-16(26-15-3-2-8-23-20(15)31-13-4-5-13)27-18-14(10-25-28(17)18)19(30)24-11-21(12-29)6-7-21;1-20-16-9-15(23-13-6-4-8-21-19(13)29-2)25-17-11(10-22-26(16)17)18(28)24-12-5-3-7-14(12)27;1-20-15-8-14(24-13-4-3-7-21-18(13)29-2)25-16-12(9-23-26(15)16)17(28)22-10-19(11-27)5-6-19;1-19-15-8-14(22-12-4-3-7-20-18(12)28-2)24-16-10(9-21-25(15)16)17(27)23-11-5-6-13(11)26/h2-3,8-10,13,22,29H,4-7,11-12H2,1H3,(H,24,30)(H,26,27);4,6,8-10,12,14,20,27H,3,5,7H2,1-2H3,(H,23,25)(H,24,28);3-4,7-9,20,27H,5-6,10-11H2,1-2H3,(H,22,28)(H,24,25);3-4,7-9,11,13,19,26H,5-6H2,1-2H3,(H,22,24)(H,23,27)/t;12-,14-;;11-,13+/m.1.0/s1. The highest BCUT2D eigenvalue weighted by Gasteiger charge is 2.43. The van der Waals surface area contributed by atoms with Gasteiger partial charge in [0, 0.05) is 101 Å². The van der Waals surface area contributed by atoms with E-state index >= 15 is 0 Å². The summed E-state index contributed by atoms with van der Waals surface area (Å²) in [6.07, 6.45) is 21.3. The van der Waals surface area contributed by atoms with Gasteiger partial charge in [-0.05, 0) is 119 Å². The van der Waals surface area contributed by atoms with Gasteiger partial charge >= 0.3 is 0 Å². The third kappa shape index (κ3) is 18.2. The Morgan fingerprint density at radius 2 is 0.744 bits per heavy atom. The van der Waals surface area contributed by atoms with E-state index in [1.165, 1.54) is 31.9 Å². The van der Waals surface area contributed by atoms with E-state index < -0.39 is 12.2 Å². The first-order valence-corrected chi connectivity index (χ1v) is 38.1. The molecule has 12 heterocycles. The monoisotopic (exact) mass is 1600 g/mol. The van der Waals surface area contributed by atoms with Crippen LogP contribution in [0.5, 0.6) is 23.5 Å². The number of ether oxygens (including phenoxy) is 4. The van der Waals surface area contributed by atoms with Gasteiger partial charge in [0.2, 0.25) is 23.5 Å². The van der Waals surface area contributed by atoms with Crippen molar-refractivity contribution in [2.24, 2.45) is 10.8 Å². The molecule has 12 aromatic heterocycles. The molecule has 117 heavy (non-hydrogen) atoms. The van der Waals surface area contributed by atoms with Crippen molar-refractivity contribution in [3.05, 3.63) is 145 Å². The number of aliphatic hydroxyl groups is 4. The van der Waals surface area contributed by atoms with Crippen molar-refractivity contribution in [1.29, 1.82) is 0 Å². The number of anilines is 12. The summed E-state index contributed by atoms with van der Waals surface area (Å²) in [4.78, 5) is 86.1. The summed E-state index contributed by atoms with van der Waals surface area (Å²) in [5.41, 5.74) is 5.32. The number of fused-ring (bicyclic) bond motifs is 4. The first-order valence-electron chi connectivity index (χ1n) is 38.1. The third-order valence-electron chi connectivity index (χ3n) is 20.6. The van der Waals surface area contributed by atoms with E-state index in [9.17, 15) is 39.6 Å². The number of aromatic nitrogens is 16. The molecule has 0 bridgehead atoms. The maximum atomic E-state index is 12.8. The summed E-state index contributed by atoms with van der Waals surface area (Å²) in [6.45, 7) is 1.03. The molecule has 0 radical (unpaired) electrons. The van der Waals surface area contributed by atoms with Crippen LogP contribution in [0.25, 0.3) is 22.6 Å². The van der Waals surface area contributed by atoms with Gasteiger partial charge in [-0.15, -0.1) is 0 Å². The highest BCUT2D eigenvalue weighted by Crippen LogP contribution is 2.45. The largest absolute Gasteiger partial charge is 0.480 e. The van der Waals surface area contributed by atoms with E-state index in [0.29, 0.717) is 164 Å². The molecule has 5 saturated carbocycles. The Hall–Kier alpha value is -13.6. The predicted molar refractivity (Wildman–Crippen MR) is 433 cm³/mol. The van der Waals surface area contributed by atoms with Gasteiger partial charge in [0.1, 0.15) is 97.7 Å². The Bertz CT molecular complexity index is 5570. The zero-order valence-corrected chi connectivity index (χ0v) is 65.3. The van der Waals surface area contributed by atoms with Crippen LogP contribution in [0.15, 0.2) is 122 Å². The lowest BCUT2D eigenvalue weighted by Gasteiger charge is -2.32. The van der Waals surface area contributed by atoms with Crippen LogP contribution < -0.4 is 82.7 Å². The number of nitrogens with zero attached hydrogens (tertiary/aromatic N) is 16. The molecule has 0 unspecified atom stereocenters. The molecular formula is C77H92N28O12. The molecule has 0 saturated heterocycles. The molecule has 40 nitrogen and oxygen atoms in total. The molecule has 0 aliphatic heterocycles.